The zero-order chi connectivity index (χ0) is 13.7. The van der Waals surface area contributed by atoms with Crippen LogP contribution < -0.4 is 10.1 Å². The van der Waals surface area contributed by atoms with Crippen molar-refractivity contribution in [1.29, 1.82) is 0 Å². The first kappa shape index (κ1) is 13.9. The Bertz CT molecular complexity index is 433. The van der Waals surface area contributed by atoms with Gasteiger partial charge in [0.25, 0.3) is 0 Å². The van der Waals surface area contributed by atoms with Crippen molar-refractivity contribution in [3.8, 4) is 5.75 Å². The van der Waals surface area contributed by atoms with E-state index in [0.717, 1.165) is 12.5 Å². The van der Waals surface area contributed by atoms with Crippen molar-refractivity contribution < 1.29 is 14.6 Å². The molecule has 1 aliphatic carbocycles. The number of benzene rings is 1. The molecule has 4 heteroatoms. The molecule has 2 N–H and O–H groups in total. The van der Waals surface area contributed by atoms with Crippen molar-refractivity contribution in [1.82, 2.24) is 5.32 Å². The maximum absolute atomic E-state index is 11.0. The van der Waals surface area contributed by atoms with Crippen LogP contribution >= 0.6 is 0 Å². The molecule has 1 aliphatic rings. The number of rotatable bonds is 6. The van der Waals surface area contributed by atoms with Crippen LogP contribution in [-0.2, 0) is 0 Å². The van der Waals surface area contributed by atoms with E-state index in [9.17, 15) is 4.79 Å². The highest BCUT2D eigenvalue weighted by Crippen LogP contribution is 2.24. The standard InChI is InChI=1S/C15H21NO3/c1-11-6-7-12(10-11)16-8-9-19-14-5-3-2-4-13(14)15(17)18/h2-5,11-12,16H,6-10H2,1H3,(H,17,18). The molecule has 4 nitrogen and oxygen atoms in total. The third kappa shape index (κ3) is 3.96. The average molecular weight is 263 g/mol. The lowest BCUT2D eigenvalue weighted by atomic mass is 10.1. The average Bonchev–Trinajstić information content (AvgIpc) is 2.81. The molecule has 1 aromatic rings. The lowest BCUT2D eigenvalue weighted by molar-refractivity contribution is 0.0692. The van der Waals surface area contributed by atoms with Crippen LogP contribution in [-0.4, -0.2) is 30.3 Å². The number of hydrogen-bond acceptors (Lipinski definition) is 3. The number of carboxylic acid groups (broad SMARTS) is 1. The van der Waals surface area contributed by atoms with Gasteiger partial charge >= 0.3 is 5.97 Å². The highest BCUT2D eigenvalue weighted by Gasteiger charge is 2.20. The summed E-state index contributed by atoms with van der Waals surface area (Å²) in [6, 6.07) is 7.33. The Balaban J connectivity index is 1.75. The minimum absolute atomic E-state index is 0.219. The maximum atomic E-state index is 11.0. The van der Waals surface area contributed by atoms with Crippen molar-refractivity contribution in [2.24, 2.45) is 5.92 Å². The highest BCUT2D eigenvalue weighted by molar-refractivity contribution is 5.90. The lowest BCUT2D eigenvalue weighted by Crippen LogP contribution is -2.30. The van der Waals surface area contributed by atoms with Gasteiger partial charge in [-0.3, -0.25) is 0 Å². The summed E-state index contributed by atoms with van der Waals surface area (Å²) in [5.41, 5.74) is 0.219. The molecule has 1 fully saturated rings. The normalized spacial score (nSPS) is 22.4. The number of ether oxygens (including phenoxy) is 1. The quantitative estimate of drug-likeness (QED) is 0.774. The van der Waals surface area contributed by atoms with Crippen molar-refractivity contribution >= 4 is 5.97 Å². The number of carbonyl (C=O) groups is 1. The first-order valence-corrected chi connectivity index (χ1v) is 6.85. The van der Waals surface area contributed by atoms with Gasteiger partial charge in [-0.2, -0.15) is 0 Å². The molecule has 0 aliphatic heterocycles. The summed E-state index contributed by atoms with van der Waals surface area (Å²) in [5, 5.41) is 12.5. The molecular weight excluding hydrogens is 242 g/mol. The second kappa shape index (κ2) is 6.57. The van der Waals surface area contributed by atoms with Crippen LogP contribution in [0.5, 0.6) is 5.75 Å². The van der Waals surface area contributed by atoms with Gasteiger partial charge in [0.15, 0.2) is 0 Å². The smallest absolute Gasteiger partial charge is 0.339 e. The molecule has 0 amide bonds. The van der Waals surface area contributed by atoms with Gasteiger partial charge in [-0.15, -0.1) is 0 Å². The van der Waals surface area contributed by atoms with E-state index >= 15 is 0 Å². The molecule has 1 aromatic carbocycles. The Morgan fingerprint density at radius 3 is 2.89 bits per heavy atom. The zero-order valence-corrected chi connectivity index (χ0v) is 11.3. The van der Waals surface area contributed by atoms with Gasteiger partial charge in [0.05, 0.1) is 0 Å². The van der Waals surface area contributed by atoms with Crippen LogP contribution in [0.15, 0.2) is 24.3 Å². The Morgan fingerprint density at radius 1 is 1.42 bits per heavy atom. The zero-order valence-electron chi connectivity index (χ0n) is 11.3. The Hall–Kier alpha value is -1.55. The van der Waals surface area contributed by atoms with Crippen LogP contribution in [0.4, 0.5) is 0 Å². The maximum Gasteiger partial charge on any atom is 0.339 e. The molecule has 0 aromatic heterocycles. The topological polar surface area (TPSA) is 58.6 Å². The second-order valence-electron chi connectivity index (χ2n) is 5.22. The SMILES string of the molecule is CC1CCC(NCCOc2ccccc2C(=O)O)C1. The minimum Gasteiger partial charge on any atom is -0.491 e. The molecule has 1 saturated carbocycles. The summed E-state index contributed by atoms with van der Waals surface area (Å²) in [5.74, 6) is 0.302. The van der Waals surface area contributed by atoms with Gasteiger partial charge < -0.3 is 15.2 Å². The van der Waals surface area contributed by atoms with Gasteiger partial charge in [0, 0.05) is 12.6 Å². The van der Waals surface area contributed by atoms with Crippen LogP contribution in [0.3, 0.4) is 0 Å². The van der Waals surface area contributed by atoms with Gasteiger partial charge in [0.1, 0.15) is 17.9 Å². The number of para-hydroxylation sites is 1. The minimum atomic E-state index is -0.951. The fourth-order valence-electron chi connectivity index (χ4n) is 2.59. The van der Waals surface area contributed by atoms with E-state index < -0.39 is 5.97 Å². The molecule has 104 valence electrons. The second-order valence-corrected chi connectivity index (χ2v) is 5.22. The number of carboxylic acids is 1. The van der Waals surface area contributed by atoms with E-state index in [1.807, 2.05) is 0 Å². The molecule has 2 atom stereocenters. The predicted molar refractivity (Wildman–Crippen MR) is 73.7 cm³/mol. The van der Waals surface area contributed by atoms with Crippen LogP contribution in [0.1, 0.15) is 36.5 Å². The van der Waals surface area contributed by atoms with Crippen LogP contribution in [0.25, 0.3) is 0 Å². The van der Waals surface area contributed by atoms with Gasteiger partial charge in [-0.1, -0.05) is 19.1 Å². The Kier molecular flexibility index (Phi) is 4.80. The molecule has 0 radical (unpaired) electrons. The lowest BCUT2D eigenvalue weighted by Gasteiger charge is -2.13. The fourth-order valence-corrected chi connectivity index (χ4v) is 2.59. The Morgan fingerprint density at radius 2 is 2.21 bits per heavy atom. The monoisotopic (exact) mass is 263 g/mol. The molecule has 19 heavy (non-hydrogen) atoms. The molecular formula is C15H21NO3. The molecule has 0 spiro atoms. The summed E-state index contributed by atoms with van der Waals surface area (Å²) in [6.45, 7) is 3.53. The van der Waals surface area contributed by atoms with Gasteiger partial charge in [-0.25, -0.2) is 4.79 Å². The van der Waals surface area contributed by atoms with Gasteiger partial charge in [-0.05, 0) is 37.3 Å². The third-order valence-corrected chi connectivity index (χ3v) is 3.60. The van der Waals surface area contributed by atoms with Gasteiger partial charge in [0.2, 0.25) is 0 Å². The van der Waals surface area contributed by atoms with E-state index in [1.54, 1.807) is 24.3 Å². The fraction of sp³-hybridized carbons (Fsp3) is 0.533. The summed E-state index contributed by atoms with van der Waals surface area (Å²) in [4.78, 5) is 11.0. The number of nitrogens with one attached hydrogen (secondary N) is 1. The van der Waals surface area contributed by atoms with E-state index in [0.29, 0.717) is 18.4 Å². The van der Waals surface area contributed by atoms with Crippen molar-refractivity contribution in [2.75, 3.05) is 13.2 Å². The third-order valence-electron chi connectivity index (χ3n) is 3.60. The summed E-state index contributed by atoms with van der Waals surface area (Å²) >= 11 is 0. The van der Waals surface area contributed by atoms with Crippen LogP contribution in [0, 0.1) is 5.92 Å². The summed E-state index contributed by atoms with van der Waals surface area (Å²) in [6.07, 6.45) is 3.75. The molecule has 2 rings (SSSR count). The Labute approximate surface area is 113 Å². The largest absolute Gasteiger partial charge is 0.491 e. The van der Waals surface area contributed by atoms with E-state index in [1.165, 1.54) is 19.3 Å². The van der Waals surface area contributed by atoms with Crippen molar-refractivity contribution in [3.05, 3.63) is 29.8 Å². The predicted octanol–water partition coefficient (Wildman–Crippen LogP) is 2.54. The molecule has 0 bridgehead atoms. The summed E-state index contributed by atoms with van der Waals surface area (Å²) < 4.78 is 5.54. The summed E-state index contributed by atoms with van der Waals surface area (Å²) in [7, 11) is 0. The van der Waals surface area contributed by atoms with Crippen molar-refractivity contribution in [3.63, 3.8) is 0 Å². The van der Waals surface area contributed by atoms with E-state index in [-0.39, 0.29) is 5.56 Å². The van der Waals surface area contributed by atoms with E-state index in [4.69, 9.17) is 9.84 Å². The number of hydrogen-bond donors (Lipinski definition) is 2. The molecule has 0 heterocycles. The first-order chi connectivity index (χ1) is 9.16. The highest BCUT2D eigenvalue weighted by atomic mass is 16.5. The van der Waals surface area contributed by atoms with Crippen molar-refractivity contribution in [2.45, 2.75) is 32.2 Å². The molecule has 2 unspecified atom stereocenters. The molecule has 0 saturated heterocycles. The first-order valence-electron chi connectivity index (χ1n) is 6.85. The number of aromatic carboxylic acids is 1. The van der Waals surface area contributed by atoms with E-state index in [2.05, 4.69) is 12.2 Å². The van der Waals surface area contributed by atoms with Crippen LogP contribution in [0.2, 0.25) is 0 Å².